The Morgan fingerprint density at radius 3 is 2.60 bits per heavy atom. The smallest absolute Gasteiger partial charge is 0.234 e. The molecule has 0 unspecified atom stereocenters. The first-order chi connectivity index (χ1) is 12.1. The molecular formula is C20H28N4O. The lowest BCUT2D eigenvalue weighted by atomic mass is 9.93. The van der Waals surface area contributed by atoms with E-state index < -0.39 is 0 Å². The number of piperidine rings is 1. The predicted molar refractivity (Wildman–Crippen MR) is 99.5 cm³/mol. The average Bonchev–Trinajstić information content (AvgIpc) is 3.07. The number of carbonyl (C=O) groups is 1. The van der Waals surface area contributed by atoms with Crippen molar-refractivity contribution in [3.8, 4) is 0 Å². The van der Waals surface area contributed by atoms with E-state index in [0.29, 0.717) is 24.9 Å². The molecule has 0 aliphatic carbocycles. The Labute approximate surface area is 150 Å². The van der Waals surface area contributed by atoms with Crippen LogP contribution < -0.4 is 5.32 Å². The van der Waals surface area contributed by atoms with E-state index in [-0.39, 0.29) is 5.91 Å². The van der Waals surface area contributed by atoms with Gasteiger partial charge in [-0.3, -0.25) is 14.4 Å². The first kappa shape index (κ1) is 17.7. The molecule has 1 aliphatic rings. The summed E-state index contributed by atoms with van der Waals surface area (Å²) in [6, 6.07) is 12.4. The molecule has 1 fully saturated rings. The molecule has 0 spiro atoms. The quantitative estimate of drug-likeness (QED) is 0.879. The summed E-state index contributed by atoms with van der Waals surface area (Å²) in [5.41, 5.74) is 2.57. The average molecular weight is 340 g/mol. The molecule has 1 aliphatic heterocycles. The van der Waals surface area contributed by atoms with Gasteiger partial charge in [-0.15, -0.1) is 0 Å². The van der Waals surface area contributed by atoms with Crippen molar-refractivity contribution < 1.29 is 4.79 Å². The summed E-state index contributed by atoms with van der Waals surface area (Å²) in [5.74, 6) is 1.02. The minimum absolute atomic E-state index is 0.127. The highest BCUT2D eigenvalue weighted by atomic mass is 16.2. The number of hydrogen-bond acceptors (Lipinski definition) is 3. The van der Waals surface area contributed by atoms with E-state index in [4.69, 9.17) is 0 Å². The fraction of sp³-hybridized carbons (Fsp3) is 0.500. The number of amides is 1. The van der Waals surface area contributed by atoms with Gasteiger partial charge in [0.25, 0.3) is 0 Å². The molecule has 3 rings (SSSR count). The zero-order chi connectivity index (χ0) is 17.6. The Bertz CT molecular complexity index is 674. The number of aryl methyl sites for hydroxylation is 1. The van der Waals surface area contributed by atoms with Crippen LogP contribution >= 0.6 is 0 Å². The van der Waals surface area contributed by atoms with E-state index in [1.165, 1.54) is 11.3 Å². The van der Waals surface area contributed by atoms with Gasteiger partial charge in [-0.2, -0.15) is 5.10 Å². The predicted octanol–water partition coefficient (Wildman–Crippen LogP) is 2.52. The third-order valence-electron chi connectivity index (χ3n) is 5.21. The minimum atomic E-state index is 0.127. The number of rotatable bonds is 6. The van der Waals surface area contributed by atoms with Gasteiger partial charge in [0.15, 0.2) is 0 Å². The third kappa shape index (κ3) is 4.69. The van der Waals surface area contributed by atoms with Crippen LogP contribution in [0.25, 0.3) is 0 Å². The second kappa shape index (κ2) is 8.30. The topological polar surface area (TPSA) is 50.2 Å². The highest BCUT2D eigenvalue weighted by molar-refractivity contribution is 5.78. The molecule has 1 amide bonds. The maximum absolute atomic E-state index is 12.2. The first-order valence-corrected chi connectivity index (χ1v) is 9.15. The Morgan fingerprint density at radius 1 is 1.24 bits per heavy atom. The summed E-state index contributed by atoms with van der Waals surface area (Å²) in [7, 11) is 2.00. The van der Waals surface area contributed by atoms with Crippen LogP contribution in [0.15, 0.2) is 42.6 Å². The van der Waals surface area contributed by atoms with Gasteiger partial charge in [-0.1, -0.05) is 37.3 Å². The van der Waals surface area contributed by atoms with Crippen LogP contribution in [-0.4, -0.2) is 46.8 Å². The van der Waals surface area contributed by atoms with Gasteiger partial charge < -0.3 is 5.32 Å². The molecule has 1 aromatic carbocycles. The van der Waals surface area contributed by atoms with Crippen LogP contribution in [-0.2, 0) is 11.8 Å². The van der Waals surface area contributed by atoms with Crippen LogP contribution in [0, 0.1) is 0 Å². The summed E-state index contributed by atoms with van der Waals surface area (Å²) in [4.78, 5) is 14.5. The second-order valence-corrected chi connectivity index (χ2v) is 7.05. The molecule has 1 saturated heterocycles. The van der Waals surface area contributed by atoms with Gasteiger partial charge >= 0.3 is 0 Å². The van der Waals surface area contributed by atoms with Crippen molar-refractivity contribution in [3.05, 3.63) is 53.9 Å². The van der Waals surface area contributed by atoms with Gasteiger partial charge in [-0.25, -0.2) is 0 Å². The van der Waals surface area contributed by atoms with Crippen molar-refractivity contribution in [1.82, 2.24) is 20.0 Å². The van der Waals surface area contributed by atoms with Crippen LogP contribution in [0.3, 0.4) is 0 Å². The summed E-state index contributed by atoms with van der Waals surface area (Å²) >= 11 is 0. The summed E-state index contributed by atoms with van der Waals surface area (Å²) in [6.07, 6.45) is 4.05. The number of aromatic nitrogens is 2. The van der Waals surface area contributed by atoms with Crippen molar-refractivity contribution in [2.45, 2.75) is 31.6 Å². The van der Waals surface area contributed by atoms with E-state index in [9.17, 15) is 4.79 Å². The molecule has 5 nitrogen and oxygen atoms in total. The van der Waals surface area contributed by atoms with Gasteiger partial charge in [0.05, 0.1) is 6.54 Å². The summed E-state index contributed by atoms with van der Waals surface area (Å²) < 4.78 is 1.97. The van der Waals surface area contributed by atoms with E-state index in [1.807, 2.05) is 36.1 Å². The monoisotopic (exact) mass is 340 g/mol. The lowest BCUT2D eigenvalue weighted by Crippen LogP contribution is -2.42. The molecule has 5 heteroatoms. The SMILES string of the molecule is C[C@@H](CNC(=O)CN1CCC(c2ccnn2C)CC1)c1ccccc1. The lowest BCUT2D eigenvalue weighted by molar-refractivity contribution is -0.122. The highest BCUT2D eigenvalue weighted by Gasteiger charge is 2.23. The number of nitrogens with zero attached hydrogens (tertiary/aromatic N) is 3. The largest absolute Gasteiger partial charge is 0.354 e. The van der Waals surface area contributed by atoms with Crippen molar-refractivity contribution in [1.29, 1.82) is 0 Å². The van der Waals surface area contributed by atoms with E-state index in [1.54, 1.807) is 0 Å². The summed E-state index contributed by atoms with van der Waals surface area (Å²) in [5, 5.41) is 7.35. The molecule has 0 radical (unpaired) electrons. The fourth-order valence-corrected chi connectivity index (χ4v) is 3.60. The van der Waals surface area contributed by atoms with Gasteiger partial charge in [0.2, 0.25) is 5.91 Å². The van der Waals surface area contributed by atoms with Gasteiger partial charge in [-0.05, 0) is 43.5 Å². The van der Waals surface area contributed by atoms with Crippen LogP contribution in [0.4, 0.5) is 0 Å². The molecule has 134 valence electrons. The Balaban J connectivity index is 1.40. The number of benzene rings is 1. The van der Waals surface area contributed by atoms with Crippen molar-refractivity contribution >= 4 is 5.91 Å². The molecule has 25 heavy (non-hydrogen) atoms. The molecular weight excluding hydrogens is 312 g/mol. The Hall–Kier alpha value is -2.14. The molecule has 2 aromatic rings. The maximum Gasteiger partial charge on any atom is 0.234 e. The lowest BCUT2D eigenvalue weighted by Gasteiger charge is -2.31. The Morgan fingerprint density at radius 2 is 1.96 bits per heavy atom. The molecule has 1 atom stereocenters. The number of likely N-dealkylation sites (tertiary alicyclic amines) is 1. The molecule has 1 aromatic heterocycles. The van der Waals surface area contributed by atoms with Gasteiger partial charge in [0.1, 0.15) is 0 Å². The van der Waals surface area contributed by atoms with Crippen molar-refractivity contribution in [2.75, 3.05) is 26.2 Å². The third-order valence-corrected chi connectivity index (χ3v) is 5.21. The molecule has 2 heterocycles. The standard InChI is InChI=1S/C20H28N4O/c1-16(17-6-4-3-5-7-17)14-21-20(25)15-24-12-9-18(10-13-24)19-8-11-22-23(19)2/h3-8,11,16,18H,9-10,12-15H2,1-2H3,(H,21,25)/t16-/m0/s1. The zero-order valence-electron chi connectivity index (χ0n) is 15.2. The second-order valence-electron chi connectivity index (χ2n) is 7.05. The molecule has 1 N–H and O–H groups in total. The highest BCUT2D eigenvalue weighted by Crippen LogP contribution is 2.27. The van der Waals surface area contributed by atoms with Gasteiger partial charge in [0, 0.05) is 31.4 Å². The van der Waals surface area contributed by atoms with Crippen molar-refractivity contribution in [2.24, 2.45) is 7.05 Å². The minimum Gasteiger partial charge on any atom is -0.354 e. The maximum atomic E-state index is 12.2. The van der Waals surface area contributed by atoms with E-state index in [0.717, 1.165) is 25.9 Å². The molecule has 0 saturated carbocycles. The fourth-order valence-electron chi connectivity index (χ4n) is 3.60. The normalized spacial score (nSPS) is 17.4. The van der Waals surface area contributed by atoms with Crippen LogP contribution in [0.2, 0.25) is 0 Å². The number of hydrogen-bond donors (Lipinski definition) is 1. The van der Waals surface area contributed by atoms with E-state index >= 15 is 0 Å². The number of carbonyl (C=O) groups excluding carboxylic acids is 1. The zero-order valence-corrected chi connectivity index (χ0v) is 15.2. The van der Waals surface area contributed by atoms with Crippen LogP contribution in [0.5, 0.6) is 0 Å². The Kier molecular flexibility index (Phi) is 5.87. The van der Waals surface area contributed by atoms with Crippen molar-refractivity contribution in [3.63, 3.8) is 0 Å². The van der Waals surface area contributed by atoms with E-state index in [2.05, 4.69) is 40.4 Å². The first-order valence-electron chi connectivity index (χ1n) is 9.15. The summed E-state index contributed by atoms with van der Waals surface area (Å²) in [6.45, 7) is 5.28. The molecule has 0 bridgehead atoms. The number of nitrogens with one attached hydrogen (secondary N) is 1. The van der Waals surface area contributed by atoms with Crippen LogP contribution in [0.1, 0.15) is 42.9 Å².